The van der Waals surface area contributed by atoms with E-state index in [1.54, 1.807) is 47.0 Å². The lowest BCUT2D eigenvalue weighted by Crippen LogP contribution is -2.29. The van der Waals surface area contributed by atoms with Crippen LogP contribution in [-0.2, 0) is 0 Å². The highest BCUT2D eigenvalue weighted by Gasteiger charge is 2.15. The molecule has 0 aliphatic rings. The van der Waals surface area contributed by atoms with Crippen LogP contribution in [0, 0.1) is 0 Å². The molecule has 176 valence electrons. The van der Waals surface area contributed by atoms with Crippen molar-refractivity contribution in [3.8, 4) is 0 Å². The van der Waals surface area contributed by atoms with Crippen LogP contribution in [0.4, 0.5) is 0 Å². The van der Waals surface area contributed by atoms with Gasteiger partial charge in [-0.25, -0.2) is 0 Å². The number of hydrogen-bond donors (Lipinski definition) is 8. The quantitative estimate of drug-likeness (QED) is 0.0730. The van der Waals surface area contributed by atoms with E-state index in [1.807, 2.05) is 35.3 Å². The van der Waals surface area contributed by atoms with Crippen LogP contribution in [0.15, 0.2) is 0 Å². The Morgan fingerprint density at radius 2 is 0.690 bits per heavy atom. The monoisotopic (exact) mass is 542 g/mol. The minimum Gasteiger partial charge on any atom is -0.308 e. The zero-order valence-corrected chi connectivity index (χ0v) is 22.3. The molecule has 0 aliphatic heterocycles. The van der Waals surface area contributed by atoms with Gasteiger partial charge in [-0.15, -0.1) is 47.0 Å². The van der Waals surface area contributed by atoms with Crippen molar-refractivity contribution in [1.82, 2.24) is 0 Å². The van der Waals surface area contributed by atoms with Gasteiger partial charge < -0.3 is 45.9 Å². The van der Waals surface area contributed by atoms with Crippen molar-refractivity contribution in [1.29, 1.82) is 0 Å². The molecule has 0 aromatic carbocycles. The van der Waals surface area contributed by atoms with Gasteiger partial charge in [0.05, 0.1) is 0 Å². The molecule has 0 fully saturated rings. The molecule has 29 heavy (non-hydrogen) atoms. The smallest absolute Gasteiger partial charge is 0.100 e. The molecule has 15 heteroatoms. The van der Waals surface area contributed by atoms with Crippen LogP contribution >= 0.6 is 82.3 Å². The van der Waals surface area contributed by atoms with Gasteiger partial charge in [-0.1, -0.05) is 0 Å². The van der Waals surface area contributed by atoms with E-state index < -0.39 is 0 Å². The molecule has 0 bridgehead atoms. The van der Waals surface area contributed by atoms with Gasteiger partial charge >= 0.3 is 0 Å². The molecule has 0 saturated heterocycles. The van der Waals surface area contributed by atoms with Gasteiger partial charge in [-0.2, -0.15) is 35.3 Å². The van der Waals surface area contributed by atoms with E-state index in [2.05, 4.69) is 0 Å². The van der Waals surface area contributed by atoms with Gasteiger partial charge in [0.2, 0.25) is 0 Å². The normalized spacial score (nSPS) is 14.5. The molecule has 16 N–H and O–H groups in total. The maximum Gasteiger partial charge on any atom is 0.100 e. The first kappa shape index (κ1) is 31.1. The summed E-state index contributed by atoms with van der Waals surface area (Å²) in [4.78, 5) is 0. The van der Waals surface area contributed by atoms with Crippen molar-refractivity contribution in [2.75, 3.05) is 46.0 Å². The highest BCUT2D eigenvalue weighted by molar-refractivity contribution is 8.08. The molecular formula is C14H38N8S7. The Hall–Kier alpha value is 2.13. The van der Waals surface area contributed by atoms with Gasteiger partial charge in [0.25, 0.3) is 0 Å². The summed E-state index contributed by atoms with van der Waals surface area (Å²) in [5.74, 6) is 7.84. The zero-order chi connectivity index (χ0) is 22.1. The summed E-state index contributed by atoms with van der Waals surface area (Å²) in [5, 5.41) is 0.963. The molecule has 8 nitrogen and oxygen atoms in total. The molecular weight excluding hydrogens is 505 g/mol. The molecule has 2 unspecified atom stereocenters. The molecule has 0 aromatic heterocycles. The second kappa shape index (κ2) is 20.7. The first-order valence-corrected chi connectivity index (χ1v) is 16.5. The minimum absolute atomic E-state index is 0.313. The third kappa shape index (κ3) is 23.1. The van der Waals surface area contributed by atoms with Crippen molar-refractivity contribution in [2.24, 2.45) is 45.9 Å². The third-order valence-corrected chi connectivity index (χ3v) is 11.8. The maximum atomic E-state index is 5.71. The topological polar surface area (TPSA) is 208 Å². The van der Waals surface area contributed by atoms with Crippen LogP contribution in [0.5, 0.6) is 0 Å². The van der Waals surface area contributed by atoms with Crippen LogP contribution in [0.2, 0.25) is 0 Å². The van der Waals surface area contributed by atoms with Crippen molar-refractivity contribution < 1.29 is 0 Å². The van der Waals surface area contributed by atoms with Gasteiger partial charge in [0, 0.05) is 56.5 Å². The van der Waals surface area contributed by atoms with Crippen LogP contribution in [0.25, 0.3) is 0 Å². The molecule has 0 heterocycles. The van der Waals surface area contributed by atoms with Gasteiger partial charge in [-0.05, 0) is 0 Å². The second-order valence-corrected chi connectivity index (χ2v) is 14.7. The lowest BCUT2D eigenvalue weighted by atomic mass is 10.5. The lowest BCUT2D eigenvalue weighted by molar-refractivity contribution is 0.978. The van der Waals surface area contributed by atoms with Gasteiger partial charge in [-0.3, -0.25) is 0 Å². The number of hydrogen-bond acceptors (Lipinski definition) is 15. The minimum atomic E-state index is -0.341. The fraction of sp³-hybridized carbons (Fsp3) is 1.00. The molecule has 2 atom stereocenters. The van der Waals surface area contributed by atoms with Gasteiger partial charge in [0.1, 0.15) is 22.0 Å². The highest BCUT2D eigenvalue weighted by atomic mass is 32.2. The third-order valence-electron chi connectivity index (χ3n) is 3.05. The Morgan fingerprint density at radius 3 is 1.00 bits per heavy atom. The average molecular weight is 543 g/mol. The summed E-state index contributed by atoms with van der Waals surface area (Å²) < 4.78 is 0. The van der Waals surface area contributed by atoms with Crippen LogP contribution < -0.4 is 45.9 Å². The Morgan fingerprint density at radius 1 is 0.379 bits per heavy atom. The van der Waals surface area contributed by atoms with E-state index >= 15 is 0 Å². The molecule has 0 aliphatic carbocycles. The molecule has 0 spiro atoms. The summed E-state index contributed by atoms with van der Waals surface area (Å²) in [6, 6.07) is 0. The summed E-state index contributed by atoms with van der Waals surface area (Å²) in [7, 11) is 0. The number of rotatable bonds is 20. The molecule has 0 rings (SSSR count). The molecule has 0 saturated carbocycles. The second-order valence-electron chi connectivity index (χ2n) is 5.79. The van der Waals surface area contributed by atoms with Crippen molar-refractivity contribution >= 4 is 82.3 Å². The highest BCUT2D eigenvalue weighted by Crippen LogP contribution is 2.27. The summed E-state index contributed by atoms with van der Waals surface area (Å²) in [6.07, 6.45) is 0. The predicted molar refractivity (Wildman–Crippen MR) is 148 cm³/mol. The lowest BCUT2D eigenvalue weighted by Gasteiger charge is -2.20. The van der Waals surface area contributed by atoms with Crippen LogP contribution in [-0.4, -0.2) is 78.5 Å². The predicted octanol–water partition coefficient (Wildman–Crippen LogP) is -0.340. The molecule has 0 radical (unpaired) electrons. The zero-order valence-electron chi connectivity index (χ0n) is 16.6. The van der Waals surface area contributed by atoms with Crippen LogP contribution in [0.3, 0.4) is 0 Å². The molecule has 0 aromatic rings. The van der Waals surface area contributed by atoms with Gasteiger partial charge in [0.15, 0.2) is 0 Å². The first-order valence-electron chi connectivity index (χ1n) is 9.02. The Bertz CT molecular complexity index is 337. The fourth-order valence-electron chi connectivity index (χ4n) is 1.85. The summed E-state index contributed by atoms with van der Waals surface area (Å²) >= 11 is 12.1. The average Bonchev–Trinajstić information content (AvgIpc) is 2.62. The molecule has 0 amide bonds. The SMILES string of the molecule is NC(N)SCCSC(CSCC(CSC(N)N)SCCSC(N)N)CSC(N)N. The first-order chi connectivity index (χ1) is 13.7. The fourth-order valence-corrected chi connectivity index (χ4v) is 9.50. The van der Waals surface area contributed by atoms with E-state index in [-0.39, 0.29) is 22.0 Å². The van der Waals surface area contributed by atoms with E-state index in [4.69, 9.17) is 45.9 Å². The van der Waals surface area contributed by atoms with E-state index in [1.165, 1.54) is 0 Å². The summed E-state index contributed by atoms with van der Waals surface area (Å²) in [6.45, 7) is 0. The van der Waals surface area contributed by atoms with E-state index in [9.17, 15) is 0 Å². The van der Waals surface area contributed by atoms with Crippen molar-refractivity contribution in [2.45, 2.75) is 32.5 Å². The Balaban J connectivity index is 4.34. The maximum absolute atomic E-state index is 5.71. The van der Waals surface area contributed by atoms with Crippen molar-refractivity contribution in [3.63, 3.8) is 0 Å². The van der Waals surface area contributed by atoms with Crippen LogP contribution in [0.1, 0.15) is 0 Å². The van der Waals surface area contributed by atoms with E-state index in [0.29, 0.717) is 10.5 Å². The standard InChI is InChI=1S/C14H38N8S7/c15-11(16)26-3-1-24-9(7-28-13(19)20)5-23-6-10(8-29-14(21)22)25-2-4-27-12(17)18/h9-14H,1-8,15-22H2. The van der Waals surface area contributed by atoms with E-state index in [0.717, 1.165) is 46.0 Å². The Labute approximate surface area is 205 Å². The summed E-state index contributed by atoms with van der Waals surface area (Å²) in [5.41, 5.74) is 43.9. The largest absolute Gasteiger partial charge is 0.308 e. The number of thioether (sulfide) groups is 7. The Kier molecular flexibility index (Phi) is 22.2. The number of nitrogens with two attached hydrogens (primary N) is 8. The van der Waals surface area contributed by atoms with Crippen molar-refractivity contribution in [3.05, 3.63) is 0 Å².